The van der Waals surface area contributed by atoms with Gasteiger partial charge in [0.25, 0.3) is 0 Å². The molecule has 0 aromatic heterocycles. The minimum absolute atomic E-state index is 0.00282. The van der Waals surface area contributed by atoms with Gasteiger partial charge in [-0.25, -0.2) is 8.42 Å². The number of nitrogens with zero attached hydrogens (tertiary/aromatic N) is 1. The van der Waals surface area contributed by atoms with E-state index in [0.29, 0.717) is 13.1 Å². The summed E-state index contributed by atoms with van der Waals surface area (Å²) in [6, 6.07) is 8.01. The molecule has 1 unspecified atom stereocenters. The number of piperazine rings is 1. The van der Waals surface area contributed by atoms with Crippen molar-refractivity contribution in [3.63, 3.8) is 0 Å². The summed E-state index contributed by atoms with van der Waals surface area (Å²) in [5.74, 6) is 0. The summed E-state index contributed by atoms with van der Waals surface area (Å²) in [5, 5.41) is 3.25. The third-order valence-corrected chi connectivity index (χ3v) is 4.91. The maximum atomic E-state index is 11.7. The van der Waals surface area contributed by atoms with Crippen molar-refractivity contribution in [2.75, 3.05) is 25.9 Å². The molecular weight excluding hydrogens is 316 g/mol. The smallest absolute Gasteiger partial charge is 0.211 e. The highest BCUT2D eigenvalue weighted by molar-refractivity contribution is 9.10. The fourth-order valence-electron chi connectivity index (χ4n) is 2.29. The first kappa shape index (κ1) is 14.0. The Morgan fingerprint density at radius 3 is 2.94 bits per heavy atom. The highest BCUT2D eigenvalue weighted by Gasteiger charge is 2.29. The second-order valence-electron chi connectivity index (χ2n) is 4.57. The van der Waals surface area contributed by atoms with Gasteiger partial charge in [-0.2, -0.15) is 4.31 Å². The standard InChI is InChI=1S/C12H17BrN2O2S/c1-18(16,17)15-6-5-14-9-12(15)8-10-3-2-4-11(13)7-10/h2-4,7,12,14H,5-6,8-9H2,1H3. The maximum absolute atomic E-state index is 11.7. The van der Waals surface area contributed by atoms with Crippen LogP contribution in [0.3, 0.4) is 0 Å². The van der Waals surface area contributed by atoms with E-state index in [0.717, 1.165) is 23.0 Å². The highest BCUT2D eigenvalue weighted by Crippen LogP contribution is 2.17. The van der Waals surface area contributed by atoms with Crippen LogP contribution < -0.4 is 5.32 Å². The fraction of sp³-hybridized carbons (Fsp3) is 0.500. The van der Waals surface area contributed by atoms with Crippen LogP contribution in [0.1, 0.15) is 5.56 Å². The Labute approximate surface area is 117 Å². The molecule has 0 amide bonds. The molecule has 0 spiro atoms. The summed E-state index contributed by atoms with van der Waals surface area (Å²) in [6.07, 6.45) is 2.02. The van der Waals surface area contributed by atoms with Gasteiger partial charge in [0.1, 0.15) is 0 Å². The summed E-state index contributed by atoms with van der Waals surface area (Å²) in [4.78, 5) is 0. The van der Waals surface area contributed by atoms with Crippen molar-refractivity contribution in [1.82, 2.24) is 9.62 Å². The molecule has 1 N–H and O–H groups in total. The van der Waals surface area contributed by atoms with Gasteiger partial charge in [0.2, 0.25) is 10.0 Å². The molecule has 100 valence electrons. The molecule has 1 aliphatic rings. The molecule has 18 heavy (non-hydrogen) atoms. The van der Waals surface area contributed by atoms with Crippen molar-refractivity contribution in [2.45, 2.75) is 12.5 Å². The van der Waals surface area contributed by atoms with Gasteiger partial charge in [0, 0.05) is 30.1 Å². The van der Waals surface area contributed by atoms with E-state index in [1.54, 1.807) is 4.31 Å². The third kappa shape index (κ3) is 3.54. The predicted molar refractivity (Wildman–Crippen MR) is 76.1 cm³/mol. The molecule has 1 atom stereocenters. The Kier molecular flexibility index (Phi) is 4.42. The molecule has 1 heterocycles. The molecule has 1 fully saturated rings. The number of hydrogen-bond donors (Lipinski definition) is 1. The van der Waals surface area contributed by atoms with Crippen LogP contribution in [0, 0.1) is 0 Å². The van der Waals surface area contributed by atoms with Crippen LogP contribution >= 0.6 is 15.9 Å². The Morgan fingerprint density at radius 1 is 1.50 bits per heavy atom. The first-order chi connectivity index (χ1) is 8.47. The number of benzene rings is 1. The zero-order chi connectivity index (χ0) is 13.2. The zero-order valence-electron chi connectivity index (χ0n) is 10.3. The Balaban J connectivity index is 2.15. The summed E-state index contributed by atoms with van der Waals surface area (Å²) >= 11 is 3.43. The van der Waals surface area contributed by atoms with Gasteiger partial charge in [0.15, 0.2) is 0 Å². The lowest BCUT2D eigenvalue weighted by Crippen LogP contribution is -2.54. The SMILES string of the molecule is CS(=O)(=O)N1CCNCC1Cc1cccc(Br)c1. The molecule has 1 aromatic carbocycles. The summed E-state index contributed by atoms with van der Waals surface area (Å²) in [5.41, 5.74) is 1.15. The normalized spacial score (nSPS) is 22.0. The fourth-order valence-corrected chi connectivity index (χ4v) is 3.85. The topological polar surface area (TPSA) is 49.4 Å². The van der Waals surface area contributed by atoms with Crippen LogP contribution in [0.25, 0.3) is 0 Å². The molecule has 0 bridgehead atoms. The van der Waals surface area contributed by atoms with Crippen LogP contribution in [-0.4, -0.2) is 44.7 Å². The van der Waals surface area contributed by atoms with E-state index in [1.807, 2.05) is 24.3 Å². The van der Waals surface area contributed by atoms with E-state index < -0.39 is 10.0 Å². The van der Waals surface area contributed by atoms with Gasteiger partial charge in [-0.1, -0.05) is 28.1 Å². The van der Waals surface area contributed by atoms with Crippen molar-refractivity contribution >= 4 is 26.0 Å². The maximum Gasteiger partial charge on any atom is 0.211 e. The Hall–Kier alpha value is -0.430. The second kappa shape index (κ2) is 5.69. The van der Waals surface area contributed by atoms with Crippen LogP contribution in [0.5, 0.6) is 0 Å². The zero-order valence-corrected chi connectivity index (χ0v) is 12.7. The first-order valence-corrected chi connectivity index (χ1v) is 8.53. The molecule has 1 saturated heterocycles. The molecule has 0 aliphatic carbocycles. The summed E-state index contributed by atoms with van der Waals surface area (Å²) in [6.45, 7) is 1.99. The van der Waals surface area contributed by atoms with Crippen LogP contribution in [0.15, 0.2) is 28.7 Å². The van der Waals surface area contributed by atoms with Crippen molar-refractivity contribution in [3.8, 4) is 0 Å². The number of hydrogen-bond acceptors (Lipinski definition) is 3. The highest BCUT2D eigenvalue weighted by atomic mass is 79.9. The predicted octanol–water partition coefficient (Wildman–Crippen LogP) is 1.23. The lowest BCUT2D eigenvalue weighted by atomic mass is 10.0. The molecule has 6 heteroatoms. The average molecular weight is 333 g/mol. The summed E-state index contributed by atoms with van der Waals surface area (Å²) in [7, 11) is -3.12. The molecule has 1 aromatic rings. The van der Waals surface area contributed by atoms with Gasteiger partial charge in [-0.05, 0) is 24.1 Å². The minimum atomic E-state index is -3.12. The van der Waals surface area contributed by atoms with E-state index in [9.17, 15) is 8.42 Å². The summed E-state index contributed by atoms with van der Waals surface area (Å²) < 4.78 is 26.1. The Morgan fingerprint density at radius 2 is 2.28 bits per heavy atom. The molecule has 0 radical (unpaired) electrons. The number of nitrogens with one attached hydrogen (secondary N) is 1. The van der Waals surface area contributed by atoms with Gasteiger partial charge in [-0.3, -0.25) is 0 Å². The quantitative estimate of drug-likeness (QED) is 0.905. The molecule has 2 rings (SSSR count). The van der Waals surface area contributed by atoms with Crippen LogP contribution in [0.4, 0.5) is 0 Å². The van der Waals surface area contributed by atoms with Gasteiger partial charge in [0.05, 0.1) is 6.26 Å². The van der Waals surface area contributed by atoms with E-state index >= 15 is 0 Å². The van der Waals surface area contributed by atoms with Crippen molar-refractivity contribution in [2.24, 2.45) is 0 Å². The average Bonchev–Trinajstić information content (AvgIpc) is 2.28. The van der Waals surface area contributed by atoms with E-state index in [-0.39, 0.29) is 6.04 Å². The van der Waals surface area contributed by atoms with Crippen molar-refractivity contribution in [3.05, 3.63) is 34.3 Å². The molecule has 1 aliphatic heterocycles. The van der Waals surface area contributed by atoms with Gasteiger partial charge >= 0.3 is 0 Å². The third-order valence-electron chi connectivity index (χ3n) is 3.08. The molecule has 0 saturated carbocycles. The lowest BCUT2D eigenvalue weighted by Gasteiger charge is -2.34. The van der Waals surface area contributed by atoms with E-state index in [2.05, 4.69) is 21.2 Å². The van der Waals surface area contributed by atoms with Crippen molar-refractivity contribution in [1.29, 1.82) is 0 Å². The van der Waals surface area contributed by atoms with Crippen LogP contribution in [0.2, 0.25) is 0 Å². The molecule has 4 nitrogen and oxygen atoms in total. The second-order valence-corrected chi connectivity index (χ2v) is 7.42. The monoisotopic (exact) mass is 332 g/mol. The van der Waals surface area contributed by atoms with E-state index in [4.69, 9.17) is 0 Å². The van der Waals surface area contributed by atoms with Crippen LogP contribution in [-0.2, 0) is 16.4 Å². The van der Waals surface area contributed by atoms with Gasteiger partial charge in [-0.15, -0.1) is 0 Å². The van der Waals surface area contributed by atoms with E-state index in [1.165, 1.54) is 6.26 Å². The minimum Gasteiger partial charge on any atom is -0.314 e. The number of halogens is 1. The number of sulfonamides is 1. The Bertz CT molecular complexity index is 519. The number of rotatable bonds is 3. The first-order valence-electron chi connectivity index (χ1n) is 5.89. The van der Waals surface area contributed by atoms with Gasteiger partial charge < -0.3 is 5.32 Å². The molecular formula is C12H17BrN2O2S. The largest absolute Gasteiger partial charge is 0.314 e. The lowest BCUT2D eigenvalue weighted by molar-refractivity contribution is 0.267. The van der Waals surface area contributed by atoms with Crippen molar-refractivity contribution < 1.29 is 8.42 Å².